The number of benzene rings is 1. The molecule has 0 aliphatic carbocycles. The molecular weight excluding hydrogens is 385 g/mol. The lowest BCUT2D eigenvalue weighted by molar-refractivity contribution is 0.0692. The highest BCUT2D eigenvalue weighted by molar-refractivity contribution is 9.10. The van der Waals surface area contributed by atoms with Gasteiger partial charge in [0, 0.05) is 28.2 Å². The minimum Gasteiger partial charge on any atom is -0.339 e. The number of hydrogen-bond donors (Lipinski definition) is 0. The maximum absolute atomic E-state index is 14.0. The first-order valence-corrected chi connectivity index (χ1v) is 9.53. The highest BCUT2D eigenvalue weighted by Crippen LogP contribution is 2.29. The van der Waals surface area contributed by atoms with Gasteiger partial charge in [-0.25, -0.2) is 12.8 Å². The second-order valence-corrected chi connectivity index (χ2v) is 8.56. The molecule has 0 aromatic heterocycles. The van der Waals surface area contributed by atoms with Gasteiger partial charge in [0.15, 0.2) is 0 Å². The van der Waals surface area contributed by atoms with Crippen LogP contribution in [0.3, 0.4) is 0 Å². The Bertz CT molecular complexity index is 672. The van der Waals surface area contributed by atoms with Crippen molar-refractivity contribution in [3.05, 3.63) is 28.0 Å². The molecule has 0 unspecified atom stereocenters. The molecule has 21 heavy (non-hydrogen) atoms. The third-order valence-electron chi connectivity index (χ3n) is 3.59. The topological polar surface area (TPSA) is 54.5 Å². The van der Waals surface area contributed by atoms with E-state index in [9.17, 15) is 17.6 Å². The molecule has 1 fully saturated rings. The number of halogens is 3. The lowest BCUT2D eigenvalue weighted by atomic mass is 9.98. The molecule has 1 aliphatic heterocycles. The van der Waals surface area contributed by atoms with E-state index < -0.39 is 20.8 Å². The number of nitrogens with zero attached hydrogens (tertiary/aromatic N) is 1. The highest BCUT2D eigenvalue weighted by Gasteiger charge is 2.26. The van der Waals surface area contributed by atoms with E-state index in [1.165, 1.54) is 4.90 Å². The van der Waals surface area contributed by atoms with Crippen molar-refractivity contribution in [1.82, 2.24) is 4.90 Å². The van der Waals surface area contributed by atoms with E-state index in [0.29, 0.717) is 19.0 Å². The molecule has 0 spiro atoms. The minimum absolute atomic E-state index is 0.00110. The fourth-order valence-electron chi connectivity index (χ4n) is 2.26. The van der Waals surface area contributed by atoms with Crippen LogP contribution in [0, 0.1) is 11.7 Å². The lowest BCUT2D eigenvalue weighted by Gasteiger charge is -2.30. The van der Waals surface area contributed by atoms with E-state index in [1.807, 2.05) is 0 Å². The van der Waals surface area contributed by atoms with Gasteiger partial charge in [-0.3, -0.25) is 4.79 Å². The average molecular weight is 399 g/mol. The summed E-state index contributed by atoms with van der Waals surface area (Å²) in [5.74, 6) is -0.745. The first kappa shape index (κ1) is 16.7. The monoisotopic (exact) mass is 397 g/mol. The average Bonchev–Trinajstić information content (AvgIpc) is 2.37. The lowest BCUT2D eigenvalue weighted by Crippen LogP contribution is -2.38. The second kappa shape index (κ2) is 6.22. The Hall–Kier alpha value is -0.660. The molecule has 2 rings (SSSR count). The minimum atomic E-state index is -4.06. The van der Waals surface area contributed by atoms with Crippen LogP contribution in [0.4, 0.5) is 4.39 Å². The molecule has 1 aliphatic rings. The summed E-state index contributed by atoms with van der Waals surface area (Å²) < 4.78 is 36.9. The summed E-state index contributed by atoms with van der Waals surface area (Å²) in [4.78, 5) is 13.6. The van der Waals surface area contributed by atoms with Crippen molar-refractivity contribution in [2.45, 2.75) is 24.7 Å². The molecule has 116 valence electrons. The fraction of sp³-hybridized carbons (Fsp3) is 0.462. The van der Waals surface area contributed by atoms with Crippen molar-refractivity contribution in [2.75, 3.05) is 13.1 Å². The molecule has 1 amide bonds. The van der Waals surface area contributed by atoms with Gasteiger partial charge in [-0.2, -0.15) is 0 Å². The summed E-state index contributed by atoms with van der Waals surface area (Å²) >= 11 is 2.94. The van der Waals surface area contributed by atoms with E-state index in [1.54, 1.807) is 0 Å². The zero-order valence-electron chi connectivity index (χ0n) is 11.3. The Morgan fingerprint density at radius 2 is 1.95 bits per heavy atom. The summed E-state index contributed by atoms with van der Waals surface area (Å²) in [6.45, 7) is 3.18. The molecule has 1 saturated heterocycles. The summed E-state index contributed by atoms with van der Waals surface area (Å²) in [7, 11) is 1.23. The second-order valence-electron chi connectivity index (χ2n) is 5.18. The maximum Gasteiger partial charge on any atom is 0.262 e. The predicted octanol–water partition coefficient (Wildman–Crippen LogP) is 3.39. The summed E-state index contributed by atoms with van der Waals surface area (Å²) in [6.07, 6.45) is 1.70. The van der Waals surface area contributed by atoms with Crippen molar-refractivity contribution < 1.29 is 17.6 Å². The van der Waals surface area contributed by atoms with Crippen LogP contribution in [0.15, 0.2) is 21.5 Å². The van der Waals surface area contributed by atoms with Crippen molar-refractivity contribution in [3.8, 4) is 0 Å². The standard InChI is InChI=1S/C13H14BrClFNO3S/c1-8-2-4-17(5-3-8)13(18)9-6-12(21(15,19)20)10(14)7-11(9)16/h6-8H,2-5H2,1H3. The SMILES string of the molecule is CC1CCN(C(=O)c2cc(S(=O)(=O)Cl)c(Br)cc2F)CC1. The smallest absolute Gasteiger partial charge is 0.262 e. The van der Waals surface area contributed by atoms with Gasteiger partial charge in [0.1, 0.15) is 5.82 Å². The molecule has 0 radical (unpaired) electrons. The van der Waals surface area contributed by atoms with Crippen molar-refractivity contribution in [1.29, 1.82) is 0 Å². The fourth-order valence-corrected chi connectivity index (χ4v) is 4.43. The number of likely N-dealkylation sites (tertiary alicyclic amines) is 1. The normalized spacial score (nSPS) is 17.0. The molecule has 1 aromatic rings. The van der Waals surface area contributed by atoms with Crippen molar-refractivity contribution in [2.24, 2.45) is 5.92 Å². The van der Waals surface area contributed by atoms with Crippen LogP contribution in [0.5, 0.6) is 0 Å². The van der Waals surface area contributed by atoms with Gasteiger partial charge in [0.2, 0.25) is 0 Å². The maximum atomic E-state index is 14.0. The summed E-state index contributed by atoms with van der Waals surface area (Å²) in [6, 6.07) is 1.94. The summed E-state index contributed by atoms with van der Waals surface area (Å²) in [5, 5.41) is 0. The Kier molecular flexibility index (Phi) is 4.95. The first-order valence-electron chi connectivity index (χ1n) is 6.43. The predicted molar refractivity (Wildman–Crippen MR) is 81.4 cm³/mol. The van der Waals surface area contributed by atoms with Gasteiger partial charge in [0.05, 0.1) is 10.5 Å². The van der Waals surface area contributed by atoms with Gasteiger partial charge in [-0.1, -0.05) is 6.92 Å². The molecule has 0 saturated carbocycles. The van der Waals surface area contributed by atoms with E-state index in [4.69, 9.17) is 10.7 Å². The number of amides is 1. The van der Waals surface area contributed by atoms with Gasteiger partial charge in [-0.05, 0) is 46.8 Å². The summed E-state index contributed by atoms with van der Waals surface area (Å²) in [5.41, 5.74) is -0.271. The number of piperidine rings is 1. The van der Waals surface area contributed by atoms with E-state index >= 15 is 0 Å². The van der Waals surface area contributed by atoms with Crippen molar-refractivity contribution >= 4 is 41.6 Å². The van der Waals surface area contributed by atoms with Crippen LogP contribution in [-0.2, 0) is 9.05 Å². The van der Waals surface area contributed by atoms with E-state index in [2.05, 4.69) is 22.9 Å². The number of rotatable bonds is 2. The number of carbonyl (C=O) groups is 1. The molecule has 0 N–H and O–H groups in total. The van der Waals surface area contributed by atoms with Crippen LogP contribution >= 0.6 is 26.6 Å². The Labute approximate surface area is 135 Å². The third kappa shape index (κ3) is 3.76. The van der Waals surface area contributed by atoms with Gasteiger partial charge in [0.25, 0.3) is 15.0 Å². The molecule has 0 bridgehead atoms. The molecule has 4 nitrogen and oxygen atoms in total. The Morgan fingerprint density at radius 3 is 2.48 bits per heavy atom. The first-order chi connectivity index (χ1) is 9.70. The largest absolute Gasteiger partial charge is 0.339 e. The quantitative estimate of drug-likeness (QED) is 0.718. The zero-order valence-corrected chi connectivity index (χ0v) is 14.4. The van der Waals surface area contributed by atoms with E-state index in [0.717, 1.165) is 25.0 Å². The Balaban J connectivity index is 2.37. The van der Waals surface area contributed by atoms with Gasteiger partial charge >= 0.3 is 0 Å². The molecule has 0 atom stereocenters. The Morgan fingerprint density at radius 1 is 1.38 bits per heavy atom. The van der Waals surface area contributed by atoms with E-state index in [-0.39, 0.29) is 14.9 Å². The van der Waals surface area contributed by atoms with Crippen LogP contribution < -0.4 is 0 Å². The molecule has 1 aromatic carbocycles. The van der Waals surface area contributed by atoms with Gasteiger partial charge < -0.3 is 4.90 Å². The third-order valence-corrected chi connectivity index (χ3v) is 5.87. The van der Waals surface area contributed by atoms with Gasteiger partial charge in [-0.15, -0.1) is 0 Å². The van der Waals surface area contributed by atoms with Crippen LogP contribution in [0.25, 0.3) is 0 Å². The highest BCUT2D eigenvalue weighted by atomic mass is 79.9. The van der Waals surface area contributed by atoms with Crippen LogP contribution in [0.1, 0.15) is 30.1 Å². The van der Waals surface area contributed by atoms with Crippen molar-refractivity contribution in [3.63, 3.8) is 0 Å². The number of carbonyl (C=O) groups excluding carboxylic acids is 1. The molecular formula is C13H14BrClFNO3S. The van der Waals surface area contributed by atoms with Crippen LogP contribution in [0.2, 0.25) is 0 Å². The molecule has 8 heteroatoms. The zero-order chi connectivity index (χ0) is 15.8. The molecule has 1 heterocycles. The van der Waals surface area contributed by atoms with Crippen LogP contribution in [-0.4, -0.2) is 32.3 Å². The number of hydrogen-bond acceptors (Lipinski definition) is 3.